The van der Waals surface area contributed by atoms with Gasteiger partial charge in [0.15, 0.2) is 0 Å². The van der Waals surface area contributed by atoms with E-state index in [0.717, 1.165) is 30.8 Å². The summed E-state index contributed by atoms with van der Waals surface area (Å²) in [5.41, 5.74) is 0. The summed E-state index contributed by atoms with van der Waals surface area (Å²) >= 11 is 0. The zero-order chi connectivity index (χ0) is 12.4. The Morgan fingerprint density at radius 1 is 1.25 bits per heavy atom. The first-order valence-electron chi connectivity index (χ1n) is 6.39. The molecule has 0 spiro atoms. The van der Waals surface area contributed by atoms with Gasteiger partial charge in [0, 0.05) is 12.6 Å². The largest absolute Gasteiger partial charge is 0.396 e. The van der Waals surface area contributed by atoms with Crippen LogP contribution < -0.4 is 5.32 Å². The Morgan fingerprint density at radius 2 is 1.94 bits per heavy atom. The minimum atomic E-state index is -0.194. The van der Waals surface area contributed by atoms with Gasteiger partial charge in [-0.2, -0.15) is 0 Å². The molecule has 0 aliphatic carbocycles. The van der Waals surface area contributed by atoms with Gasteiger partial charge in [0.1, 0.15) is 0 Å². The summed E-state index contributed by atoms with van der Waals surface area (Å²) < 4.78 is 13.9. The number of aliphatic hydroxyl groups excluding tert-OH is 1. The van der Waals surface area contributed by atoms with Gasteiger partial charge < -0.3 is 10.4 Å². The van der Waals surface area contributed by atoms with Crippen molar-refractivity contribution in [3.05, 3.63) is 0 Å². The summed E-state index contributed by atoms with van der Waals surface area (Å²) in [4.78, 5) is 0. The number of nitrogens with zero attached hydrogens (tertiary/aromatic N) is 1. The zero-order valence-corrected chi connectivity index (χ0v) is 10.9. The number of rotatable bonds is 10. The average molecular weight is 234 g/mol. The Hall–Kier alpha value is -0.190. The number of hydrogen-bond acceptors (Lipinski definition) is 3. The maximum atomic E-state index is 13.9. The van der Waals surface area contributed by atoms with E-state index in [-0.39, 0.29) is 18.8 Å². The van der Waals surface area contributed by atoms with Crippen LogP contribution in [0.1, 0.15) is 52.4 Å². The van der Waals surface area contributed by atoms with Gasteiger partial charge in [-0.15, -0.1) is 9.60 Å². The van der Waals surface area contributed by atoms with Gasteiger partial charge in [-0.1, -0.05) is 26.2 Å². The van der Waals surface area contributed by atoms with Crippen LogP contribution >= 0.6 is 0 Å². The number of halogens is 1. The van der Waals surface area contributed by atoms with Crippen LogP contribution in [0.25, 0.3) is 0 Å². The van der Waals surface area contributed by atoms with Gasteiger partial charge in [0.25, 0.3) is 0 Å². The predicted molar refractivity (Wildman–Crippen MR) is 65.7 cm³/mol. The maximum absolute atomic E-state index is 13.9. The molecule has 0 rings (SSSR count). The molecule has 0 fully saturated rings. The van der Waals surface area contributed by atoms with Crippen molar-refractivity contribution in [2.24, 2.45) is 0 Å². The van der Waals surface area contributed by atoms with E-state index in [9.17, 15) is 4.48 Å². The van der Waals surface area contributed by atoms with Crippen LogP contribution in [-0.2, 0) is 0 Å². The molecule has 0 amide bonds. The fourth-order valence-corrected chi connectivity index (χ4v) is 1.80. The van der Waals surface area contributed by atoms with Crippen molar-refractivity contribution in [2.75, 3.05) is 13.7 Å². The fourth-order valence-electron chi connectivity index (χ4n) is 1.80. The summed E-state index contributed by atoms with van der Waals surface area (Å²) in [5.74, 6) is 0. The fraction of sp³-hybridized carbons (Fsp3) is 1.00. The van der Waals surface area contributed by atoms with Crippen LogP contribution in [-0.4, -0.2) is 36.1 Å². The molecule has 0 aliphatic rings. The first-order valence-corrected chi connectivity index (χ1v) is 6.39. The lowest BCUT2D eigenvalue weighted by atomic mass is 10.1. The van der Waals surface area contributed by atoms with E-state index < -0.39 is 0 Å². The second-order valence-corrected chi connectivity index (χ2v) is 4.36. The molecule has 2 N–H and O–H groups in total. The molecule has 0 bridgehead atoms. The normalized spacial score (nSPS) is 15.4. The Bertz CT molecular complexity index is 158. The molecule has 0 saturated heterocycles. The first-order chi connectivity index (χ1) is 7.67. The molecule has 2 unspecified atom stereocenters. The van der Waals surface area contributed by atoms with Gasteiger partial charge in [-0.25, -0.2) is 0 Å². The van der Waals surface area contributed by atoms with Crippen LogP contribution in [0, 0.1) is 0 Å². The highest BCUT2D eigenvalue weighted by molar-refractivity contribution is 4.67. The van der Waals surface area contributed by atoms with Gasteiger partial charge in [0.2, 0.25) is 0 Å². The standard InChI is InChI=1S/C12H27FN2O/c1-4-5-6-9-12(14-3)15(13)11(2)8-7-10-16/h11-12,14,16H,4-10H2,1-3H3. The van der Waals surface area contributed by atoms with Crippen LogP contribution in [0.2, 0.25) is 0 Å². The van der Waals surface area contributed by atoms with Gasteiger partial charge in [-0.05, 0) is 33.2 Å². The smallest absolute Gasteiger partial charge is 0.0893 e. The van der Waals surface area contributed by atoms with Crippen molar-refractivity contribution in [1.82, 2.24) is 10.4 Å². The van der Waals surface area contributed by atoms with E-state index >= 15 is 0 Å². The van der Waals surface area contributed by atoms with Crippen LogP contribution in [0.3, 0.4) is 0 Å². The molecular weight excluding hydrogens is 207 g/mol. The van der Waals surface area contributed by atoms with Crippen molar-refractivity contribution in [3.8, 4) is 0 Å². The Labute approximate surface area is 99.0 Å². The molecule has 3 nitrogen and oxygen atoms in total. The molecule has 0 radical (unpaired) electrons. The van der Waals surface area contributed by atoms with Crippen molar-refractivity contribution >= 4 is 0 Å². The third kappa shape index (κ3) is 6.40. The zero-order valence-electron chi connectivity index (χ0n) is 10.9. The van der Waals surface area contributed by atoms with E-state index in [2.05, 4.69) is 12.2 Å². The highest BCUT2D eigenvalue weighted by atomic mass is 19.2. The van der Waals surface area contributed by atoms with Crippen LogP contribution in [0.5, 0.6) is 0 Å². The number of unbranched alkanes of at least 4 members (excludes halogenated alkanes) is 2. The van der Waals surface area contributed by atoms with Crippen molar-refractivity contribution in [2.45, 2.75) is 64.6 Å². The third-order valence-corrected chi connectivity index (χ3v) is 2.91. The summed E-state index contributed by atoms with van der Waals surface area (Å²) in [6, 6.07) is -0.133. The minimum Gasteiger partial charge on any atom is -0.396 e. The first kappa shape index (κ1) is 15.8. The molecule has 4 heteroatoms. The lowest BCUT2D eigenvalue weighted by Gasteiger charge is -2.28. The van der Waals surface area contributed by atoms with E-state index in [4.69, 9.17) is 5.11 Å². The lowest BCUT2D eigenvalue weighted by Crippen LogP contribution is -2.43. The molecule has 98 valence electrons. The number of hydrogen-bond donors (Lipinski definition) is 2. The summed E-state index contributed by atoms with van der Waals surface area (Å²) in [5, 5.41) is 12.6. The molecule has 0 saturated carbocycles. The molecule has 0 aromatic heterocycles. The summed E-state index contributed by atoms with van der Waals surface area (Å²) in [6.07, 6.45) is 5.35. The highest BCUT2D eigenvalue weighted by Crippen LogP contribution is 2.14. The lowest BCUT2D eigenvalue weighted by molar-refractivity contribution is -0.0749. The van der Waals surface area contributed by atoms with E-state index in [1.165, 1.54) is 0 Å². The molecular formula is C12H27FN2O. The quantitative estimate of drug-likeness (QED) is 0.346. The number of nitrogens with one attached hydrogen (secondary N) is 1. The van der Waals surface area contributed by atoms with E-state index in [1.54, 1.807) is 7.05 Å². The second kappa shape index (κ2) is 10.00. The average Bonchev–Trinajstić information content (AvgIpc) is 2.31. The molecule has 0 aromatic carbocycles. The Balaban J connectivity index is 3.92. The van der Waals surface area contributed by atoms with Crippen molar-refractivity contribution in [1.29, 1.82) is 0 Å². The molecule has 0 aromatic rings. The third-order valence-electron chi connectivity index (χ3n) is 2.91. The van der Waals surface area contributed by atoms with Crippen molar-refractivity contribution < 1.29 is 9.59 Å². The van der Waals surface area contributed by atoms with Gasteiger partial charge in [-0.3, -0.25) is 0 Å². The Morgan fingerprint density at radius 3 is 2.44 bits per heavy atom. The van der Waals surface area contributed by atoms with Crippen LogP contribution in [0.15, 0.2) is 0 Å². The van der Waals surface area contributed by atoms with Gasteiger partial charge >= 0.3 is 0 Å². The van der Waals surface area contributed by atoms with Crippen molar-refractivity contribution in [3.63, 3.8) is 0 Å². The topological polar surface area (TPSA) is 35.5 Å². The highest BCUT2D eigenvalue weighted by Gasteiger charge is 2.21. The maximum Gasteiger partial charge on any atom is 0.0893 e. The number of aliphatic hydroxyl groups is 1. The van der Waals surface area contributed by atoms with E-state index in [1.807, 2.05) is 6.92 Å². The predicted octanol–water partition coefficient (Wildman–Crippen LogP) is 2.46. The van der Waals surface area contributed by atoms with Crippen LogP contribution in [0.4, 0.5) is 4.48 Å². The second-order valence-electron chi connectivity index (χ2n) is 4.36. The molecule has 16 heavy (non-hydrogen) atoms. The monoisotopic (exact) mass is 234 g/mol. The SMILES string of the molecule is CCCCCC(NC)N(F)C(C)CCCO. The minimum absolute atomic E-state index is 0.133. The summed E-state index contributed by atoms with van der Waals surface area (Å²) in [6.45, 7) is 4.14. The van der Waals surface area contributed by atoms with Gasteiger partial charge in [0.05, 0.1) is 6.17 Å². The Kier molecular flexibility index (Phi) is 9.88. The molecule has 0 heterocycles. The molecule has 0 aliphatic heterocycles. The molecule has 2 atom stereocenters. The van der Waals surface area contributed by atoms with E-state index in [0.29, 0.717) is 12.8 Å². The summed E-state index contributed by atoms with van der Waals surface area (Å²) in [7, 11) is 1.79.